The Hall–Kier alpha value is -2.08. The van der Waals surface area contributed by atoms with E-state index in [-0.39, 0.29) is 17.4 Å². The summed E-state index contributed by atoms with van der Waals surface area (Å²) in [5.41, 5.74) is 6.99. The molecule has 0 aromatic carbocycles. The van der Waals surface area contributed by atoms with E-state index in [1.807, 2.05) is 33.0 Å². The number of anilines is 1. The van der Waals surface area contributed by atoms with Crippen LogP contribution in [0.25, 0.3) is 0 Å². The van der Waals surface area contributed by atoms with E-state index in [2.05, 4.69) is 0 Å². The number of fused-ring (bicyclic) bond motifs is 4. The lowest BCUT2D eigenvalue weighted by Gasteiger charge is -2.42. The Balaban J connectivity index is 1.57. The van der Waals surface area contributed by atoms with E-state index in [1.54, 1.807) is 17.4 Å². The number of pyridine rings is 1. The van der Waals surface area contributed by atoms with E-state index in [9.17, 15) is 9.59 Å². The van der Waals surface area contributed by atoms with Crippen LogP contribution in [0.5, 0.6) is 0 Å². The van der Waals surface area contributed by atoms with Gasteiger partial charge in [-0.15, -0.1) is 11.3 Å². The first-order valence-electron chi connectivity index (χ1n) is 7.91. The van der Waals surface area contributed by atoms with Gasteiger partial charge in [-0.25, -0.2) is 0 Å². The molecule has 4 rings (SSSR count). The average molecular weight is 329 g/mol. The summed E-state index contributed by atoms with van der Waals surface area (Å²) in [5, 5.41) is 2.00. The molecular weight excluding hydrogens is 310 g/mol. The van der Waals surface area contributed by atoms with Gasteiger partial charge in [0.1, 0.15) is 0 Å². The first-order chi connectivity index (χ1) is 11.1. The normalized spacial score (nSPS) is 22.7. The van der Waals surface area contributed by atoms with Crippen LogP contribution in [0.15, 0.2) is 34.4 Å². The van der Waals surface area contributed by atoms with Crippen molar-refractivity contribution in [2.45, 2.75) is 25.3 Å². The highest BCUT2D eigenvalue weighted by molar-refractivity contribution is 7.10. The molecule has 1 fully saturated rings. The number of carbonyl (C=O) groups is 1. The maximum Gasteiger partial charge on any atom is 0.273 e. The molecule has 2 bridgehead atoms. The molecule has 0 aliphatic carbocycles. The van der Waals surface area contributed by atoms with Crippen molar-refractivity contribution in [2.75, 3.05) is 18.8 Å². The van der Waals surface area contributed by atoms with Gasteiger partial charge in [0, 0.05) is 36.1 Å². The van der Waals surface area contributed by atoms with Crippen LogP contribution in [0, 0.1) is 5.92 Å². The summed E-state index contributed by atoms with van der Waals surface area (Å²) in [6.45, 7) is 2.10. The van der Waals surface area contributed by atoms with Crippen molar-refractivity contribution in [1.82, 2.24) is 9.47 Å². The Kier molecular flexibility index (Phi) is 3.49. The molecule has 0 unspecified atom stereocenters. The van der Waals surface area contributed by atoms with Crippen molar-refractivity contribution >= 4 is 22.9 Å². The monoisotopic (exact) mass is 329 g/mol. The second kappa shape index (κ2) is 5.53. The Morgan fingerprint density at radius 1 is 1.26 bits per heavy atom. The van der Waals surface area contributed by atoms with Gasteiger partial charge in [-0.1, -0.05) is 6.07 Å². The molecule has 4 heterocycles. The van der Waals surface area contributed by atoms with Crippen LogP contribution in [-0.4, -0.2) is 28.5 Å². The van der Waals surface area contributed by atoms with Crippen molar-refractivity contribution in [3.8, 4) is 0 Å². The summed E-state index contributed by atoms with van der Waals surface area (Å²) in [7, 11) is 0. The zero-order valence-electron chi connectivity index (χ0n) is 12.8. The van der Waals surface area contributed by atoms with Gasteiger partial charge in [-0.3, -0.25) is 9.59 Å². The maximum atomic E-state index is 12.6. The molecule has 23 heavy (non-hydrogen) atoms. The minimum absolute atomic E-state index is 0.0874. The van der Waals surface area contributed by atoms with Crippen LogP contribution >= 0.6 is 11.3 Å². The number of thiophene rings is 1. The Labute approximate surface area is 138 Å². The first-order valence-corrected chi connectivity index (χ1v) is 8.79. The van der Waals surface area contributed by atoms with Gasteiger partial charge in [0.25, 0.3) is 5.56 Å². The Morgan fingerprint density at radius 3 is 2.91 bits per heavy atom. The molecule has 5 nitrogen and oxygen atoms in total. The highest BCUT2D eigenvalue weighted by Gasteiger charge is 2.36. The quantitative estimate of drug-likeness (QED) is 0.911. The van der Waals surface area contributed by atoms with Gasteiger partial charge >= 0.3 is 0 Å². The van der Waals surface area contributed by atoms with E-state index in [0.717, 1.165) is 23.5 Å². The molecule has 2 aromatic heterocycles. The number of nitrogen functional groups attached to an aromatic ring is 1. The van der Waals surface area contributed by atoms with Crippen molar-refractivity contribution in [3.63, 3.8) is 0 Å². The van der Waals surface area contributed by atoms with Crippen molar-refractivity contribution < 1.29 is 4.79 Å². The fourth-order valence-electron chi connectivity index (χ4n) is 3.84. The highest BCUT2D eigenvalue weighted by atomic mass is 32.1. The molecule has 120 valence electrons. The minimum atomic E-state index is -0.0874. The highest BCUT2D eigenvalue weighted by Crippen LogP contribution is 2.35. The minimum Gasteiger partial charge on any atom is -0.394 e. The predicted molar refractivity (Wildman–Crippen MR) is 90.6 cm³/mol. The molecule has 2 aliphatic rings. The van der Waals surface area contributed by atoms with Gasteiger partial charge in [-0.05, 0) is 35.9 Å². The number of hydrogen-bond acceptors (Lipinski definition) is 4. The molecule has 2 aliphatic heterocycles. The smallest absolute Gasteiger partial charge is 0.273 e. The molecule has 1 saturated heterocycles. The van der Waals surface area contributed by atoms with Crippen LogP contribution in [0.1, 0.15) is 22.9 Å². The van der Waals surface area contributed by atoms with Crippen LogP contribution in [0.2, 0.25) is 0 Å². The summed E-state index contributed by atoms with van der Waals surface area (Å²) < 4.78 is 1.81. The molecule has 2 atom stereocenters. The SMILES string of the molecule is Nc1ccc2n(c1=O)C[C@@H]1C[C@@H]2CN(C(=O)Cc2cccs2)C1. The number of hydrogen-bond donors (Lipinski definition) is 1. The molecule has 1 amide bonds. The summed E-state index contributed by atoms with van der Waals surface area (Å²) in [4.78, 5) is 27.9. The third-order valence-electron chi connectivity index (χ3n) is 4.89. The molecule has 0 spiro atoms. The van der Waals surface area contributed by atoms with Gasteiger partial charge in [0.05, 0.1) is 12.1 Å². The Morgan fingerprint density at radius 2 is 2.13 bits per heavy atom. The summed E-state index contributed by atoms with van der Waals surface area (Å²) in [6.07, 6.45) is 1.53. The second-order valence-electron chi connectivity index (χ2n) is 6.48. The zero-order valence-corrected chi connectivity index (χ0v) is 13.6. The number of aromatic nitrogens is 1. The van der Waals surface area contributed by atoms with Crippen LogP contribution in [0.4, 0.5) is 5.69 Å². The van der Waals surface area contributed by atoms with Crippen LogP contribution < -0.4 is 11.3 Å². The number of nitrogens with two attached hydrogens (primary N) is 1. The third-order valence-corrected chi connectivity index (χ3v) is 5.77. The summed E-state index contributed by atoms with van der Waals surface area (Å²) in [6, 6.07) is 7.63. The number of rotatable bonds is 2. The van der Waals surface area contributed by atoms with Crippen LogP contribution in [0.3, 0.4) is 0 Å². The number of nitrogens with zero attached hydrogens (tertiary/aromatic N) is 2. The van der Waals surface area contributed by atoms with Crippen molar-refractivity contribution in [2.24, 2.45) is 5.92 Å². The molecule has 6 heteroatoms. The first kappa shape index (κ1) is 14.5. The van der Waals surface area contributed by atoms with Crippen molar-refractivity contribution in [1.29, 1.82) is 0 Å². The van der Waals surface area contributed by atoms with Gasteiger partial charge in [-0.2, -0.15) is 0 Å². The van der Waals surface area contributed by atoms with Gasteiger partial charge < -0.3 is 15.2 Å². The van der Waals surface area contributed by atoms with E-state index in [0.29, 0.717) is 31.1 Å². The van der Waals surface area contributed by atoms with E-state index in [4.69, 9.17) is 5.73 Å². The Bertz CT molecular complexity index is 797. The van der Waals surface area contributed by atoms with Gasteiger partial charge in [0.15, 0.2) is 0 Å². The number of likely N-dealkylation sites (tertiary alicyclic amines) is 1. The number of amides is 1. The third kappa shape index (κ3) is 2.57. The largest absolute Gasteiger partial charge is 0.394 e. The predicted octanol–water partition coefficient (Wildman–Crippen LogP) is 1.68. The molecule has 2 N–H and O–H groups in total. The van der Waals surface area contributed by atoms with Crippen LogP contribution in [-0.2, 0) is 17.8 Å². The maximum absolute atomic E-state index is 12.6. The molecule has 0 radical (unpaired) electrons. The number of carbonyl (C=O) groups excluding carboxylic acids is 1. The molecule has 0 saturated carbocycles. The zero-order chi connectivity index (χ0) is 16.0. The molecular formula is C17H19N3O2S. The fraction of sp³-hybridized carbons (Fsp3) is 0.412. The van der Waals surface area contributed by atoms with E-state index in [1.165, 1.54) is 0 Å². The average Bonchev–Trinajstić information content (AvgIpc) is 3.04. The van der Waals surface area contributed by atoms with E-state index < -0.39 is 0 Å². The lowest BCUT2D eigenvalue weighted by Crippen LogP contribution is -2.49. The van der Waals surface area contributed by atoms with Crippen molar-refractivity contribution in [3.05, 3.63) is 50.6 Å². The van der Waals surface area contributed by atoms with Gasteiger partial charge in [0.2, 0.25) is 5.91 Å². The fourth-order valence-corrected chi connectivity index (χ4v) is 4.54. The second-order valence-corrected chi connectivity index (χ2v) is 7.52. The standard InChI is InChI=1S/C17H19N3O2S/c18-14-3-4-15-12-6-11(9-20(15)17(14)22)8-19(10-12)16(21)7-13-2-1-5-23-13/h1-5,11-12H,6-10,18H2/t11-,12-/m1/s1. The lowest BCUT2D eigenvalue weighted by molar-refractivity contribution is -0.133. The summed E-state index contributed by atoms with van der Waals surface area (Å²) in [5.74, 6) is 0.768. The van der Waals surface area contributed by atoms with E-state index >= 15 is 0 Å². The molecule has 2 aromatic rings. The topological polar surface area (TPSA) is 68.3 Å². The number of piperidine rings is 1. The lowest BCUT2D eigenvalue weighted by atomic mass is 9.83. The summed E-state index contributed by atoms with van der Waals surface area (Å²) >= 11 is 1.62.